The third-order valence-corrected chi connectivity index (χ3v) is 4.93. The molecule has 0 aromatic heterocycles. The summed E-state index contributed by atoms with van der Waals surface area (Å²) in [6.07, 6.45) is 0.718. The van der Waals surface area contributed by atoms with E-state index in [-0.39, 0.29) is 30.6 Å². The molecule has 0 fully saturated rings. The summed E-state index contributed by atoms with van der Waals surface area (Å²) in [5.74, 6) is -0.614. The molecule has 0 bridgehead atoms. The Morgan fingerprint density at radius 2 is 1.32 bits per heavy atom. The summed E-state index contributed by atoms with van der Waals surface area (Å²) in [6, 6.07) is 23.4. The summed E-state index contributed by atoms with van der Waals surface area (Å²) in [5, 5.41) is 24.9. The topological polar surface area (TPSA) is 98.7 Å². The number of aromatic hydroxyl groups is 1. The second-order valence-corrected chi connectivity index (χ2v) is 7.34. The number of aliphatic hydroxyl groups is 1. The number of hydrogen-bond acceptors (Lipinski definition) is 4. The average Bonchev–Trinajstić information content (AvgIpc) is 2.80. The maximum Gasteiger partial charge on any atom is 0.251 e. The zero-order valence-electron chi connectivity index (χ0n) is 17.1. The summed E-state index contributed by atoms with van der Waals surface area (Å²) in [6.45, 7) is -0.223. The van der Waals surface area contributed by atoms with Gasteiger partial charge in [0.05, 0.1) is 12.6 Å². The molecule has 6 heteroatoms. The summed E-state index contributed by atoms with van der Waals surface area (Å²) in [5.41, 5.74) is 2.23. The largest absolute Gasteiger partial charge is 0.508 e. The van der Waals surface area contributed by atoms with Crippen molar-refractivity contribution in [2.45, 2.75) is 24.9 Å². The summed E-state index contributed by atoms with van der Waals surface area (Å²) < 4.78 is 0. The molecule has 31 heavy (non-hydrogen) atoms. The van der Waals surface area contributed by atoms with Crippen LogP contribution < -0.4 is 10.6 Å². The minimum atomic E-state index is -0.845. The van der Waals surface area contributed by atoms with Crippen molar-refractivity contribution in [3.63, 3.8) is 0 Å². The number of amides is 2. The fourth-order valence-corrected chi connectivity index (χ4v) is 3.27. The van der Waals surface area contributed by atoms with Crippen molar-refractivity contribution < 1.29 is 19.8 Å². The highest BCUT2D eigenvalue weighted by Crippen LogP contribution is 2.12. The Balaban J connectivity index is 1.74. The van der Waals surface area contributed by atoms with Crippen LogP contribution in [0.15, 0.2) is 84.9 Å². The number of benzene rings is 3. The summed E-state index contributed by atoms with van der Waals surface area (Å²) in [7, 11) is 0. The molecule has 0 saturated carbocycles. The number of carbonyl (C=O) groups is 2. The minimum Gasteiger partial charge on any atom is -0.508 e. The quantitative estimate of drug-likeness (QED) is 0.429. The lowest BCUT2D eigenvalue weighted by Gasteiger charge is -2.23. The van der Waals surface area contributed by atoms with E-state index in [0.29, 0.717) is 12.0 Å². The third-order valence-electron chi connectivity index (χ3n) is 4.93. The highest BCUT2D eigenvalue weighted by molar-refractivity contribution is 5.97. The van der Waals surface area contributed by atoms with Crippen molar-refractivity contribution >= 4 is 11.8 Å². The SMILES string of the molecule is O=C(N[C@@H](Cc1ccc(O)cc1)C(=O)N[C@H](CO)Cc1ccccc1)c1ccccc1. The molecule has 0 radical (unpaired) electrons. The zero-order chi connectivity index (χ0) is 22.1. The fourth-order valence-electron chi connectivity index (χ4n) is 3.27. The van der Waals surface area contributed by atoms with Gasteiger partial charge in [0.1, 0.15) is 11.8 Å². The molecule has 3 aromatic rings. The second-order valence-electron chi connectivity index (χ2n) is 7.34. The first-order chi connectivity index (χ1) is 15.0. The van der Waals surface area contributed by atoms with Gasteiger partial charge in [-0.2, -0.15) is 0 Å². The van der Waals surface area contributed by atoms with Gasteiger partial charge in [0, 0.05) is 12.0 Å². The first kappa shape index (κ1) is 22.1. The van der Waals surface area contributed by atoms with E-state index < -0.39 is 12.1 Å². The van der Waals surface area contributed by atoms with Crippen LogP contribution in [0.5, 0.6) is 5.75 Å². The smallest absolute Gasteiger partial charge is 0.251 e. The van der Waals surface area contributed by atoms with E-state index in [2.05, 4.69) is 10.6 Å². The van der Waals surface area contributed by atoms with Gasteiger partial charge in [-0.1, -0.05) is 60.7 Å². The van der Waals surface area contributed by atoms with Gasteiger partial charge in [0.2, 0.25) is 5.91 Å². The third kappa shape index (κ3) is 6.69. The molecular weight excluding hydrogens is 392 g/mol. The number of carbonyl (C=O) groups excluding carboxylic acids is 2. The molecule has 2 atom stereocenters. The van der Waals surface area contributed by atoms with Gasteiger partial charge >= 0.3 is 0 Å². The monoisotopic (exact) mass is 418 g/mol. The Morgan fingerprint density at radius 1 is 0.742 bits per heavy atom. The van der Waals surface area contributed by atoms with Gasteiger partial charge in [0.25, 0.3) is 5.91 Å². The Kier molecular flexibility index (Phi) is 7.79. The average molecular weight is 418 g/mol. The molecule has 2 amide bonds. The van der Waals surface area contributed by atoms with Crippen LogP contribution in [0.25, 0.3) is 0 Å². The van der Waals surface area contributed by atoms with E-state index in [1.54, 1.807) is 36.4 Å². The first-order valence-electron chi connectivity index (χ1n) is 10.1. The van der Waals surface area contributed by atoms with Gasteiger partial charge < -0.3 is 20.8 Å². The molecule has 3 aromatic carbocycles. The van der Waals surface area contributed by atoms with Crippen LogP contribution in [0.4, 0.5) is 0 Å². The van der Waals surface area contributed by atoms with Crippen LogP contribution in [0.1, 0.15) is 21.5 Å². The molecule has 6 nitrogen and oxygen atoms in total. The number of rotatable bonds is 9. The minimum absolute atomic E-state index is 0.126. The number of nitrogens with one attached hydrogen (secondary N) is 2. The van der Waals surface area contributed by atoms with E-state index in [1.807, 2.05) is 36.4 Å². The van der Waals surface area contributed by atoms with Crippen molar-refractivity contribution in [1.82, 2.24) is 10.6 Å². The summed E-state index contributed by atoms with van der Waals surface area (Å²) in [4.78, 5) is 25.7. The number of hydrogen-bond donors (Lipinski definition) is 4. The van der Waals surface area contributed by atoms with E-state index >= 15 is 0 Å². The van der Waals surface area contributed by atoms with Crippen molar-refractivity contribution in [3.05, 3.63) is 102 Å². The number of aliphatic hydroxyl groups excluding tert-OH is 1. The van der Waals surface area contributed by atoms with Crippen LogP contribution in [-0.2, 0) is 17.6 Å². The maximum absolute atomic E-state index is 13.1. The van der Waals surface area contributed by atoms with Crippen LogP contribution >= 0.6 is 0 Å². The van der Waals surface area contributed by atoms with Crippen molar-refractivity contribution in [2.75, 3.05) is 6.61 Å². The predicted molar refractivity (Wildman–Crippen MR) is 119 cm³/mol. The Morgan fingerprint density at radius 3 is 1.94 bits per heavy atom. The molecular formula is C25H26N2O4. The standard InChI is InChI=1S/C25H26N2O4/c28-17-21(15-18-7-3-1-4-8-18)26-25(31)23(16-19-11-13-22(29)14-12-19)27-24(30)20-9-5-2-6-10-20/h1-14,21,23,28-29H,15-17H2,(H,26,31)(H,27,30)/t21-,23-/m0/s1. The highest BCUT2D eigenvalue weighted by Gasteiger charge is 2.24. The highest BCUT2D eigenvalue weighted by atomic mass is 16.3. The lowest BCUT2D eigenvalue weighted by molar-refractivity contribution is -0.124. The van der Waals surface area contributed by atoms with Crippen LogP contribution in [0.2, 0.25) is 0 Å². The summed E-state index contributed by atoms with van der Waals surface area (Å²) >= 11 is 0. The van der Waals surface area contributed by atoms with Crippen LogP contribution in [0.3, 0.4) is 0 Å². The molecule has 0 spiro atoms. The van der Waals surface area contributed by atoms with E-state index in [4.69, 9.17) is 0 Å². The van der Waals surface area contributed by atoms with Gasteiger partial charge in [0.15, 0.2) is 0 Å². The van der Waals surface area contributed by atoms with Crippen LogP contribution in [-0.4, -0.2) is 40.7 Å². The Bertz CT molecular complexity index is 975. The Hall–Kier alpha value is -3.64. The number of phenolic OH excluding ortho intramolecular Hbond substituents is 1. The molecule has 0 aliphatic carbocycles. The number of phenols is 1. The molecule has 0 heterocycles. The van der Waals surface area contributed by atoms with Gasteiger partial charge in [-0.15, -0.1) is 0 Å². The normalized spacial score (nSPS) is 12.5. The van der Waals surface area contributed by atoms with Crippen molar-refractivity contribution in [2.24, 2.45) is 0 Å². The molecule has 0 aliphatic rings. The lowest BCUT2D eigenvalue weighted by atomic mass is 10.0. The predicted octanol–water partition coefficient (Wildman–Crippen LogP) is 2.45. The second kappa shape index (κ2) is 10.9. The lowest BCUT2D eigenvalue weighted by Crippen LogP contribution is -2.52. The van der Waals surface area contributed by atoms with Gasteiger partial charge in [-0.3, -0.25) is 9.59 Å². The van der Waals surface area contributed by atoms with E-state index in [1.165, 1.54) is 12.1 Å². The molecule has 0 aliphatic heterocycles. The van der Waals surface area contributed by atoms with Gasteiger partial charge in [-0.05, 0) is 41.8 Å². The fraction of sp³-hybridized carbons (Fsp3) is 0.200. The molecule has 0 saturated heterocycles. The zero-order valence-corrected chi connectivity index (χ0v) is 17.1. The van der Waals surface area contributed by atoms with E-state index in [9.17, 15) is 19.8 Å². The Labute approximate surface area is 181 Å². The molecule has 4 N–H and O–H groups in total. The van der Waals surface area contributed by atoms with Gasteiger partial charge in [-0.25, -0.2) is 0 Å². The molecule has 3 rings (SSSR count). The van der Waals surface area contributed by atoms with E-state index in [0.717, 1.165) is 11.1 Å². The maximum atomic E-state index is 13.1. The van der Waals surface area contributed by atoms with Crippen LogP contribution in [0, 0.1) is 0 Å². The molecule has 160 valence electrons. The van der Waals surface area contributed by atoms with Crippen molar-refractivity contribution in [3.8, 4) is 5.75 Å². The van der Waals surface area contributed by atoms with Crippen molar-refractivity contribution in [1.29, 1.82) is 0 Å². The first-order valence-corrected chi connectivity index (χ1v) is 10.1. The molecule has 0 unspecified atom stereocenters.